The van der Waals surface area contributed by atoms with E-state index in [1.165, 1.54) is 19.3 Å². The molecule has 20 heavy (non-hydrogen) atoms. The molecule has 0 unspecified atom stereocenters. The lowest BCUT2D eigenvalue weighted by Crippen LogP contribution is -2.41. The Kier molecular flexibility index (Phi) is 5.77. The smallest absolute Gasteiger partial charge is 0.230 e. The summed E-state index contributed by atoms with van der Waals surface area (Å²) in [5.41, 5.74) is 0. The van der Waals surface area contributed by atoms with Gasteiger partial charge in [0.25, 0.3) is 0 Å². The molecule has 2 rings (SSSR count). The molecule has 0 spiro atoms. The monoisotopic (exact) mass is 293 g/mol. The lowest BCUT2D eigenvalue weighted by molar-refractivity contribution is -0.119. The number of hydrogen-bond acceptors (Lipinski definition) is 3. The Hall–Kier alpha value is -1.16. The molecule has 0 radical (unpaired) electrons. The molecule has 0 bridgehead atoms. The summed E-state index contributed by atoms with van der Waals surface area (Å²) in [5.74, 6) is 2.08. The average molecular weight is 293 g/mol. The van der Waals surface area contributed by atoms with E-state index in [1.54, 1.807) is 18.9 Å². The van der Waals surface area contributed by atoms with Crippen LogP contribution in [0.3, 0.4) is 0 Å². The van der Waals surface area contributed by atoms with E-state index in [4.69, 9.17) is 4.74 Å². The fourth-order valence-electron chi connectivity index (χ4n) is 2.60. The lowest BCUT2D eigenvalue weighted by atomic mass is 9.86. The van der Waals surface area contributed by atoms with Gasteiger partial charge in [-0.3, -0.25) is 4.79 Å². The fraction of sp³-hybridized carbons (Fsp3) is 0.562. The van der Waals surface area contributed by atoms with E-state index in [0.29, 0.717) is 17.7 Å². The van der Waals surface area contributed by atoms with Crippen LogP contribution >= 0.6 is 11.8 Å². The molecule has 1 aromatic carbocycles. The van der Waals surface area contributed by atoms with E-state index in [-0.39, 0.29) is 5.91 Å². The molecule has 3 nitrogen and oxygen atoms in total. The summed E-state index contributed by atoms with van der Waals surface area (Å²) in [5, 5.41) is 3.18. The molecule has 1 aliphatic carbocycles. The second kappa shape index (κ2) is 7.58. The second-order valence-corrected chi connectivity index (χ2v) is 6.45. The highest BCUT2D eigenvalue weighted by Gasteiger charge is 2.22. The predicted octanol–water partition coefficient (Wildman–Crippen LogP) is 3.48. The van der Waals surface area contributed by atoms with Gasteiger partial charge in [0, 0.05) is 10.9 Å². The van der Waals surface area contributed by atoms with E-state index < -0.39 is 0 Å². The van der Waals surface area contributed by atoms with Crippen LogP contribution in [0.25, 0.3) is 0 Å². The van der Waals surface area contributed by atoms with E-state index >= 15 is 0 Å². The minimum Gasteiger partial charge on any atom is -0.497 e. The van der Waals surface area contributed by atoms with E-state index in [2.05, 4.69) is 12.2 Å². The first kappa shape index (κ1) is 15.2. The highest BCUT2D eigenvalue weighted by molar-refractivity contribution is 8.00. The number of benzene rings is 1. The normalized spacial score (nSPS) is 22.3. The largest absolute Gasteiger partial charge is 0.497 e. The molecule has 110 valence electrons. The van der Waals surface area contributed by atoms with Crippen LogP contribution < -0.4 is 10.1 Å². The molecule has 2 atom stereocenters. The summed E-state index contributed by atoms with van der Waals surface area (Å²) in [4.78, 5) is 13.1. The molecule has 1 fully saturated rings. The Morgan fingerprint density at radius 3 is 2.65 bits per heavy atom. The van der Waals surface area contributed by atoms with Crippen LogP contribution in [-0.2, 0) is 4.79 Å². The highest BCUT2D eigenvalue weighted by Crippen LogP contribution is 2.24. The van der Waals surface area contributed by atoms with Crippen molar-refractivity contribution in [1.82, 2.24) is 5.32 Å². The molecule has 0 aliphatic heterocycles. The number of ether oxygens (including phenoxy) is 1. The number of carbonyl (C=O) groups is 1. The number of hydrogen-bond donors (Lipinski definition) is 1. The van der Waals surface area contributed by atoms with Crippen LogP contribution in [0.15, 0.2) is 29.2 Å². The predicted molar refractivity (Wildman–Crippen MR) is 83.3 cm³/mol. The first-order chi connectivity index (χ1) is 9.69. The van der Waals surface area contributed by atoms with Crippen LogP contribution in [0.4, 0.5) is 0 Å². The standard InChI is InChI=1S/C16H23NO2S/c1-12-5-3-4-6-15(12)17-16(18)11-20-14-9-7-13(19-2)8-10-14/h7-10,12,15H,3-6,11H2,1-2H3,(H,17,18)/t12-,15-/m1/s1. The van der Waals surface area contributed by atoms with Crippen LogP contribution in [-0.4, -0.2) is 24.8 Å². The third-order valence-electron chi connectivity index (χ3n) is 3.89. The number of rotatable bonds is 5. The first-order valence-corrected chi connectivity index (χ1v) is 8.24. The van der Waals surface area contributed by atoms with Crippen LogP contribution in [0.1, 0.15) is 32.6 Å². The van der Waals surface area contributed by atoms with Gasteiger partial charge >= 0.3 is 0 Å². The maximum atomic E-state index is 12.0. The van der Waals surface area contributed by atoms with Crippen molar-refractivity contribution in [2.45, 2.75) is 43.5 Å². The molecule has 0 aromatic heterocycles. The van der Waals surface area contributed by atoms with Gasteiger partial charge in [-0.15, -0.1) is 11.8 Å². The lowest BCUT2D eigenvalue weighted by Gasteiger charge is -2.29. The van der Waals surface area contributed by atoms with Crippen molar-refractivity contribution in [3.8, 4) is 5.75 Å². The number of carbonyl (C=O) groups excluding carboxylic acids is 1. The zero-order chi connectivity index (χ0) is 14.4. The Morgan fingerprint density at radius 2 is 2.00 bits per heavy atom. The average Bonchev–Trinajstić information content (AvgIpc) is 2.48. The van der Waals surface area contributed by atoms with E-state index in [1.807, 2.05) is 24.3 Å². The second-order valence-electron chi connectivity index (χ2n) is 5.40. The van der Waals surface area contributed by atoms with Crippen molar-refractivity contribution < 1.29 is 9.53 Å². The van der Waals surface area contributed by atoms with Crippen LogP contribution in [0, 0.1) is 5.92 Å². The molecule has 1 aliphatic rings. The molecule has 1 aromatic rings. The SMILES string of the molecule is COc1ccc(SCC(=O)N[C@@H]2CCCC[C@H]2C)cc1. The fourth-order valence-corrected chi connectivity index (χ4v) is 3.31. The van der Waals surface area contributed by atoms with Gasteiger partial charge in [0.1, 0.15) is 5.75 Å². The van der Waals surface area contributed by atoms with Gasteiger partial charge < -0.3 is 10.1 Å². The maximum absolute atomic E-state index is 12.0. The van der Waals surface area contributed by atoms with E-state index in [0.717, 1.165) is 17.1 Å². The summed E-state index contributed by atoms with van der Waals surface area (Å²) < 4.78 is 5.12. The quantitative estimate of drug-likeness (QED) is 0.845. The Morgan fingerprint density at radius 1 is 1.30 bits per heavy atom. The van der Waals surface area contributed by atoms with Crippen molar-refractivity contribution >= 4 is 17.7 Å². The van der Waals surface area contributed by atoms with E-state index in [9.17, 15) is 4.79 Å². The number of amides is 1. The minimum atomic E-state index is 0.143. The molecule has 1 amide bonds. The third kappa shape index (κ3) is 4.44. The molecular formula is C16H23NO2S. The van der Waals surface area contributed by atoms with Gasteiger partial charge in [-0.05, 0) is 43.0 Å². The van der Waals surface area contributed by atoms with Gasteiger partial charge in [0.05, 0.1) is 12.9 Å². The number of thioether (sulfide) groups is 1. The topological polar surface area (TPSA) is 38.3 Å². The summed E-state index contributed by atoms with van der Waals surface area (Å²) in [6.07, 6.45) is 4.89. The zero-order valence-electron chi connectivity index (χ0n) is 12.2. The molecule has 0 saturated heterocycles. The van der Waals surface area contributed by atoms with Crippen LogP contribution in [0.2, 0.25) is 0 Å². The Balaban J connectivity index is 1.76. The van der Waals surface area contributed by atoms with Crippen molar-refractivity contribution in [3.63, 3.8) is 0 Å². The van der Waals surface area contributed by atoms with Crippen molar-refractivity contribution in [1.29, 1.82) is 0 Å². The highest BCUT2D eigenvalue weighted by atomic mass is 32.2. The minimum absolute atomic E-state index is 0.143. The Labute approximate surface area is 125 Å². The molecular weight excluding hydrogens is 270 g/mol. The summed E-state index contributed by atoms with van der Waals surface area (Å²) in [7, 11) is 1.65. The van der Waals surface area contributed by atoms with Gasteiger partial charge in [-0.2, -0.15) is 0 Å². The number of nitrogens with one attached hydrogen (secondary N) is 1. The van der Waals surface area contributed by atoms with Crippen molar-refractivity contribution in [2.24, 2.45) is 5.92 Å². The Bertz CT molecular complexity index is 433. The third-order valence-corrected chi connectivity index (χ3v) is 4.90. The summed E-state index contributed by atoms with van der Waals surface area (Å²) >= 11 is 1.57. The first-order valence-electron chi connectivity index (χ1n) is 7.25. The van der Waals surface area contributed by atoms with Crippen LogP contribution in [0.5, 0.6) is 5.75 Å². The van der Waals surface area contributed by atoms with Crippen molar-refractivity contribution in [3.05, 3.63) is 24.3 Å². The van der Waals surface area contributed by atoms with Crippen molar-refractivity contribution in [2.75, 3.05) is 12.9 Å². The summed E-state index contributed by atoms with van der Waals surface area (Å²) in [6, 6.07) is 8.18. The van der Waals surface area contributed by atoms with Gasteiger partial charge in [0.2, 0.25) is 5.91 Å². The maximum Gasteiger partial charge on any atom is 0.230 e. The van der Waals surface area contributed by atoms with Gasteiger partial charge in [-0.25, -0.2) is 0 Å². The molecule has 4 heteroatoms. The molecule has 1 saturated carbocycles. The molecule has 0 heterocycles. The summed E-state index contributed by atoms with van der Waals surface area (Å²) in [6.45, 7) is 2.24. The zero-order valence-corrected chi connectivity index (χ0v) is 13.0. The molecule has 1 N–H and O–H groups in total. The number of methoxy groups -OCH3 is 1. The van der Waals surface area contributed by atoms with Gasteiger partial charge in [0.15, 0.2) is 0 Å². The van der Waals surface area contributed by atoms with Gasteiger partial charge in [-0.1, -0.05) is 19.8 Å².